The number of carboxylic acid groups (broad SMARTS) is 1. The molecule has 1 heterocycles. The summed E-state index contributed by atoms with van der Waals surface area (Å²) in [4.78, 5) is 25.0. The van der Waals surface area contributed by atoms with E-state index < -0.39 is 5.97 Å². The highest BCUT2D eigenvalue weighted by Crippen LogP contribution is 2.22. The molecule has 1 aliphatic heterocycles. The molecule has 4 nitrogen and oxygen atoms in total. The van der Waals surface area contributed by atoms with Gasteiger partial charge in [0.25, 0.3) is 0 Å². The lowest BCUT2D eigenvalue weighted by atomic mass is 9.98. The van der Waals surface area contributed by atoms with Gasteiger partial charge in [0.1, 0.15) is 0 Å². The van der Waals surface area contributed by atoms with Crippen molar-refractivity contribution in [3.05, 3.63) is 34.9 Å². The number of halogens is 1. The van der Waals surface area contributed by atoms with E-state index >= 15 is 0 Å². The maximum Gasteiger partial charge on any atom is 0.305 e. The van der Waals surface area contributed by atoms with Gasteiger partial charge in [0.15, 0.2) is 0 Å². The number of aryl methyl sites for hydroxylation is 1. The maximum atomic E-state index is 12.4. The summed E-state index contributed by atoms with van der Waals surface area (Å²) in [6.45, 7) is 0.666. The number of piperidine rings is 1. The molecule has 1 aliphatic rings. The third-order valence-corrected chi connectivity index (χ3v) is 4.29. The van der Waals surface area contributed by atoms with Crippen molar-refractivity contribution in [2.75, 3.05) is 6.54 Å². The molecule has 1 atom stereocenters. The minimum absolute atomic E-state index is 0.0286. The van der Waals surface area contributed by atoms with Crippen molar-refractivity contribution >= 4 is 23.5 Å². The van der Waals surface area contributed by atoms with E-state index in [1.807, 2.05) is 24.3 Å². The fourth-order valence-corrected chi connectivity index (χ4v) is 3.06. The van der Waals surface area contributed by atoms with Crippen LogP contribution in [0.1, 0.15) is 37.7 Å². The molecule has 0 bridgehead atoms. The summed E-state index contributed by atoms with van der Waals surface area (Å²) in [5.41, 5.74) is 0.958. The average molecular weight is 310 g/mol. The summed E-state index contributed by atoms with van der Waals surface area (Å²) in [5, 5.41) is 9.63. The predicted molar refractivity (Wildman–Crippen MR) is 81.4 cm³/mol. The summed E-state index contributed by atoms with van der Waals surface area (Å²) < 4.78 is 0. The Morgan fingerprint density at radius 1 is 1.29 bits per heavy atom. The van der Waals surface area contributed by atoms with Gasteiger partial charge >= 0.3 is 5.97 Å². The number of likely N-dealkylation sites (tertiary alicyclic amines) is 1. The molecule has 1 aromatic carbocycles. The van der Waals surface area contributed by atoms with Crippen molar-refractivity contribution in [1.29, 1.82) is 0 Å². The zero-order valence-corrected chi connectivity index (χ0v) is 12.7. The number of carbonyl (C=O) groups is 2. The Hall–Kier alpha value is -1.55. The lowest BCUT2D eigenvalue weighted by Crippen LogP contribution is -2.44. The highest BCUT2D eigenvalue weighted by atomic mass is 35.5. The molecule has 1 unspecified atom stereocenters. The molecule has 1 amide bonds. The zero-order valence-electron chi connectivity index (χ0n) is 11.9. The minimum Gasteiger partial charge on any atom is -0.481 e. The van der Waals surface area contributed by atoms with E-state index in [9.17, 15) is 9.59 Å². The predicted octanol–water partition coefficient (Wildman–Crippen LogP) is 3.13. The Labute approximate surface area is 129 Å². The van der Waals surface area contributed by atoms with Gasteiger partial charge in [0.05, 0.1) is 6.42 Å². The summed E-state index contributed by atoms with van der Waals surface area (Å²) in [7, 11) is 0. The van der Waals surface area contributed by atoms with Gasteiger partial charge in [-0.05, 0) is 37.3 Å². The fourth-order valence-electron chi connectivity index (χ4n) is 2.83. The summed E-state index contributed by atoms with van der Waals surface area (Å²) in [5.74, 6) is -0.813. The zero-order chi connectivity index (χ0) is 15.2. The van der Waals surface area contributed by atoms with E-state index in [0.29, 0.717) is 24.4 Å². The van der Waals surface area contributed by atoms with Crippen LogP contribution in [0.15, 0.2) is 24.3 Å². The van der Waals surface area contributed by atoms with E-state index in [1.165, 1.54) is 0 Å². The largest absolute Gasteiger partial charge is 0.481 e. The molecule has 0 aliphatic carbocycles. The van der Waals surface area contributed by atoms with Gasteiger partial charge in [-0.25, -0.2) is 0 Å². The van der Waals surface area contributed by atoms with Crippen LogP contribution in [0.25, 0.3) is 0 Å². The molecule has 2 rings (SSSR count). The molecular formula is C16H20ClNO3. The van der Waals surface area contributed by atoms with Crippen LogP contribution < -0.4 is 0 Å². The van der Waals surface area contributed by atoms with Gasteiger partial charge in [0.2, 0.25) is 5.91 Å². The molecule has 1 aromatic rings. The first-order chi connectivity index (χ1) is 10.1. The Balaban J connectivity index is 1.94. The van der Waals surface area contributed by atoms with E-state index in [0.717, 1.165) is 24.8 Å². The number of nitrogens with zero attached hydrogens (tertiary/aromatic N) is 1. The van der Waals surface area contributed by atoms with Gasteiger partial charge in [-0.15, -0.1) is 0 Å². The average Bonchev–Trinajstić information content (AvgIpc) is 2.46. The van der Waals surface area contributed by atoms with Crippen LogP contribution in [-0.2, 0) is 16.0 Å². The Bertz CT molecular complexity index is 518. The maximum absolute atomic E-state index is 12.4. The highest BCUT2D eigenvalue weighted by molar-refractivity contribution is 6.31. The van der Waals surface area contributed by atoms with Crippen molar-refractivity contribution in [3.8, 4) is 0 Å². The molecule has 114 valence electrons. The third-order valence-electron chi connectivity index (χ3n) is 3.92. The number of carboxylic acids is 1. The summed E-state index contributed by atoms with van der Waals surface area (Å²) in [6.07, 6.45) is 3.73. The van der Waals surface area contributed by atoms with E-state index in [-0.39, 0.29) is 18.4 Å². The minimum atomic E-state index is -0.842. The number of aliphatic carboxylic acids is 1. The number of hydrogen-bond donors (Lipinski definition) is 1. The number of hydrogen-bond acceptors (Lipinski definition) is 2. The van der Waals surface area contributed by atoms with Crippen molar-refractivity contribution in [2.24, 2.45) is 0 Å². The van der Waals surface area contributed by atoms with Gasteiger partial charge in [0, 0.05) is 24.0 Å². The normalized spacial score (nSPS) is 18.5. The van der Waals surface area contributed by atoms with Crippen LogP contribution >= 0.6 is 11.6 Å². The van der Waals surface area contributed by atoms with Crippen LogP contribution in [0.5, 0.6) is 0 Å². The van der Waals surface area contributed by atoms with Crippen molar-refractivity contribution in [3.63, 3.8) is 0 Å². The number of rotatable bonds is 5. The van der Waals surface area contributed by atoms with Crippen LogP contribution in [0.3, 0.4) is 0 Å². The second-order valence-electron chi connectivity index (χ2n) is 5.43. The number of carbonyl (C=O) groups excluding carboxylic acids is 1. The van der Waals surface area contributed by atoms with E-state index in [1.54, 1.807) is 4.90 Å². The molecule has 5 heteroatoms. The van der Waals surface area contributed by atoms with Crippen molar-refractivity contribution in [2.45, 2.75) is 44.6 Å². The van der Waals surface area contributed by atoms with Crippen LogP contribution in [0, 0.1) is 0 Å². The number of amides is 1. The Morgan fingerprint density at radius 2 is 2.05 bits per heavy atom. The first-order valence-corrected chi connectivity index (χ1v) is 7.70. The fraction of sp³-hybridized carbons (Fsp3) is 0.500. The monoisotopic (exact) mass is 309 g/mol. The molecule has 0 radical (unpaired) electrons. The van der Waals surface area contributed by atoms with E-state index in [2.05, 4.69) is 0 Å². The SMILES string of the molecule is O=C(O)CC1CCCCN1C(=O)CCc1ccccc1Cl. The van der Waals surface area contributed by atoms with Crippen molar-refractivity contribution in [1.82, 2.24) is 4.90 Å². The first-order valence-electron chi connectivity index (χ1n) is 7.32. The standard InChI is InChI=1S/C16H20ClNO3/c17-14-7-2-1-5-12(14)8-9-15(19)18-10-4-3-6-13(18)11-16(20)21/h1-2,5,7,13H,3-4,6,8-11H2,(H,20,21). The van der Waals surface area contributed by atoms with Gasteiger partial charge in [-0.2, -0.15) is 0 Å². The molecule has 1 fully saturated rings. The first kappa shape index (κ1) is 15.8. The van der Waals surface area contributed by atoms with Crippen LogP contribution in [-0.4, -0.2) is 34.5 Å². The van der Waals surface area contributed by atoms with Crippen LogP contribution in [0.4, 0.5) is 0 Å². The molecular weight excluding hydrogens is 290 g/mol. The molecule has 0 aromatic heterocycles. The summed E-state index contributed by atoms with van der Waals surface area (Å²) in [6, 6.07) is 7.34. The van der Waals surface area contributed by atoms with Gasteiger partial charge < -0.3 is 10.0 Å². The van der Waals surface area contributed by atoms with Gasteiger partial charge in [-0.1, -0.05) is 29.8 Å². The smallest absolute Gasteiger partial charge is 0.305 e. The third kappa shape index (κ3) is 4.46. The Morgan fingerprint density at radius 3 is 2.76 bits per heavy atom. The molecule has 21 heavy (non-hydrogen) atoms. The van der Waals surface area contributed by atoms with Crippen LogP contribution in [0.2, 0.25) is 5.02 Å². The summed E-state index contributed by atoms with van der Waals surface area (Å²) >= 11 is 6.09. The molecule has 0 spiro atoms. The Kier molecular flexibility index (Phi) is 5.62. The second kappa shape index (κ2) is 7.46. The molecule has 1 N–H and O–H groups in total. The molecule has 1 saturated heterocycles. The highest BCUT2D eigenvalue weighted by Gasteiger charge is 2.28. The van der Waals surface area contributed by atoms with Gasteiger partial charge in [-0.3, -0.25) is 9.59 Å². The quantitative estimate of drug-likeness (QED) is 0.909. The topological polar surface area (TPSA) is 57.6 Å². The molecule has 0 saturated carbocycles. The lowest BCUT2D eigenvalue weighted by molar-refractivity contribution is -0.141. The number of benzene rings is 1. The lowest BCUT2D eigenvalue weighted by Gasteiger charge is -2.35. The van der Waals surface area contributed by atoms with Crippen molar-refractivity contribution < 1.29 is 14.7 Å². The van der Waals surface area contributed by atoms with E-state index in [4.69, 9.17) is 16.7 Å². The second-order valence-corrected chi connectivity index (χ2v) is 5.83.